The number of ether oxygens (including phenoxy) is 1. The number of benzene rings is 2. The minimum absolute atomic E-state index is 0.0226. The normalized spacial score (nSPS) is 13.4. The molecule has 0 N–H and O–H groups in total. The van der Waals surface area contributed by atoms with Crippen LogP contribution in [0.15, 0.2) is 53.9 Å². The topological polar surface area (TPSA) is 42.4 Å². The van der Waals surface area contributed by atoms with Gasteiger partial charge in [0.1, 0.15) is 17.4 Å². The van der Waals surface area contributed by atoms with E-state index in [4.69, 9.17) is 4.74 Å². The molecule has 0 saturated carbocycles. The fourth-order valence-corrected chi connectivity index (χ4v) is 3.96. The summed E-state index contributed by atoms with van der Waals surface area (Å²) >= 11 is 1.32. The third kappa shape index (κ3) is 4.42. The summed E-state index contributed by atoms with van der Waals surface area (Å²) in [6.45, 7) is 0.709. The van der Waals surface area contributed by atoms with Crippen LogP contribution in [0, 0.1) is 0 Å². The number of aromatic nitrogens is 1. The van der Waals surface area contributed by atoms with E-state index in [9.17, 15) is 18.0 Å². The van der Waals surface area contributed by atoms with E-state index in [1.165, 1.54) is 23.5 Å². The predicted octanol–water partition coefficient (Wildman–Crippen LogP) is 4.87. The lowest BCUT2D eigenvalue weighted by Gasteiger charge is -2.16. The maximum Gasteiger partial charge on any atom is 0.416 e. The molecular formula is C21H17F3N2O2S. The van der Waals surface area contributed by atoms with Crippen LogP contribution in [0.4, 0.5) is 18.9 Å². The minimum atomic E-state index is -4.41. The average Bonchev–Trinajstić information content (AvgIpc) is 3.32. The number of anilines is 1. The highest BCUT2D eigenvalue weighted by Crippen LogP contribution is 2.32. The molecule has 1 aliphatic rings. The van der Waals surface area contributed by atoms with Gasteiger partial charge >= 0.3 is 6.18 Å². The highest BCUT2D eigenvalue weighted by atomic mass is 32.1. The first-order valence-corrected chi connectivity index (χ1v) is 9.90. The third-order valence-corrected chi connectivity index (χ3v) is 5.51. The number of nitrogens with zero attached hydrogens (tertiary/aromatic N) is 2. The van der Waals surface area contributed by atoms with Crippen LogP contribution in [0.25, 0.3) is 0 Å². The van der Waals surface area contributed by atoms with Gasteiger partial charge in [0.15, 0.2) is 0 Å². The Morgan fingerprint density at radius 3 is 2.83 bits per heavy atom. The number of carbonyl (C=O) groups excluding carboxylic acids is 1. The lowest BCUT2D eigenvalue weighted by atomic mass is 10.2. The van der Waals surface area contributed by atoms with Crippen molar-refractivity contribution in [3.8, 4) is 5.75 Å². The number of amides is 1. The van der Waals surface area contributed by atoms with Crippen molar-refractivity contribution in [3.63, 3.8) is 0 Å². The largest absolute Gasteiger partial charge is 0.486 e. The van der Waals surface area contributed by atoms with Crippen molar-refractivity contribution in [1.82, 2.24) is 4.98 Å². The predicted molar refractivity (Wildman–Crippen MR) is 104 cm³/mol. The first kappa shape index (κ1) is 19.4. The Morgan fingerprint density at radius 2 is 2.00 bits per heavy atom. The molecule has 3 aromatic rings. The molecular weight excluding hydrogens is 401 g/mol. The fourth-order valence-electron chi connectivity index (χ4n) is 3.25. The summed E-state index contributed by atoms with van der Waals surface area (Å²) in [5, 5.41) is 2.39. The number of fused-ring (bicyclic) bond motifs is 1. The first-order valence-electron chi connectivity index (χ1n) is 9.02. The van der Waals surface area contributed by atoms with E-state index in [-0.39, 0.29) is 24.7 Å². The molecule has 0 saturated heterocycles. The van der Waals surface area contributed by atoms with Crippen LogP contribution in [-0.2, 0) is 30.4 Å². The second kappa shape index (κ2) is 7.87. The second-order valence-electron chi connectivity index (χ2n) is 6.65. The quantitative estimate of drug-likeness (QED) is 0.594. The standard InChI is InChI=1S/C21H17F3N2O2S/c22-21(23,24)15-5-3-6-17(10-15)28-12-19-25-16(13-29-19)11-20(27)26-9-8-14-4-1-2-7-18(14)26/h1-7,10,13H,8-9,11-12H2. The highest BCUT2D eigenvalue weighted by molar-refractivity contribution is 7.09. The summed E-state index contributed by atoms with van der Waals surface area (Å²) in [5.41, 5.74) is 1.98. The Kier molecular flexibility index (Phi) is 5.27. The maximum absolute atomic E-state index is 12.8. The number of hydrogen-bond acceptors (Lipinski definition) is 4. The molecule has 1 amide bonds. The van der Waals surface area contributed by atoms with E-state index >= 15 is 0 Å². The lowest BCUT2D eigenvalue weighted by molar-refractivity contribution is -0.137. The Bertz CT molecular complexity index is 1030. The van der Waals surface area contributed by atoms with Gasteiger partial charge in [-0.15, -0.1) is 11.3 Å². The molecule has 1 aromatic heterocycles. The smallest absolute Gasteiger partial charge is 0.416 e. The molecule has 0 radical (unpaired) electrons. The Labute approximate surface area is 169 Å². The van der Waals surface area contributed by atoms with Crippen LogP contribution in [0.5, 0.6) is 5.75 Å². The van der Waals surface area contributed by atoms with Crippen molar-refractivity contribution >= 4 is 22.9 Å². The first-order chi connectivity index (χ1) is 13.9. The fraction of sp³-hybridized carbons (Fsp3) is 0.238. The van der Waals surface area contributed by atoms with Crippen LogP contribution >= 0.6 is 11.3 Å². The third-order valence-electron chi connectivity index (χ3n) is 4.64. The van der Waals surface area contributed by atoms with Crippen LogP contribution in [0.2, 0.25) is 0 Å². The van der Waals surface area contributed by atoms with Gasteiger partial charge in [-0.3, -0.25) is 4.79 Å². The summed E-state index contributed by atoms with van der Waals surface area (Å²) in [5.74, 6) is 0.104. The van der Waals surface area contributed by atoms with Gasteiger partial charge in [-0.2, -0.15) is 13.2 Å². The van der Waals surface area contributed by atoms with Gasteiger partial charge in [-0.1, -0.05) is 24.3 Å². The summed E-state index contributed by atoms with van der Waals surface area (Å²) in [7, 11) is 0. The number of carbonyl (C=O) groups is 1. The molecule has 29 heavy (non-hydrogen) atoms. The number of hydrogen-bond donors (Lipinski definition) is 0. The van der Waals surface area contributed by atoms with Gasteiger partial charge in [0, 0.05) is 17.6 Å². The molecule has 150 valence electrons. The van der Waals surface area contributed by atoms with E-state index in [1.807, 2.05) is 24.3 Å². The van der Waals surface area contributed by atoms with E-state index < -0.39 is 11.7 Å². The van der Waals surface area contributed by atoms with Gasteiger partial charge in [-0.05, 0) is 36.2 Å². The molecule has 8 heteroatoms. The molecule has 0 bridgehead atoms. The summed E-state index contributed by atoms with van der Waals surface area (Å²) in [6, 6.07) is 12.6. The molecule has 0 spiro atoms. The molecule has 0 aliphatic carbocycles. The van der Waals surface area contributed by atoms with E-state index in [1.54, 1.807) is 10.3 Å². The summed E-state index contributed by atoms with van der Waals surface area (Å²) < 4.78 is 43.8. The number of thiazole rings is 1. The highest BCUT2D eigenvalue weighted by Gasteiger charge is 2.30. The Balaban J connectivity index is 1.36. The second-order valence-corrected chi connectivity index (χ2v) is 7.59. The Hall–Kier alpha value is -2.87. The van der Waals surface area contributed by atoms with E-state index in [0.29, 0.717) is 17.2 Å². The molecule has 2 heterocycles. The summed E-state index contributed by atoms with van der Waals surface area (Å²) in [6.07, 6.45) is -3.40. The molecule has 2 aromatic carbocycles. The zero-order chi connectivity index (χ0) is 20.4. The lowest BCUT2D eigenvalue weighted by Crippen LogP contribution is -2.30. The number of rotatable bonds is 5. The number of halogens is 3. The minimum Gasteiger partial charge on any atom is -0.486 e. The number of alkyl halides is 3. The van der Waals surface area contributed by atoms with Gasteiger partial charge in [0.05, 0.1) is 17.7 Å². The van der Waals surface area contributed by atoms with Crippen LogP contribution < -0.4 is 9.64 Å². The number of para-hydroxylation sites is 1. The molecule has 4 nitrogen and oxygen atoms in total. The van der Waals surface area contributed by atoms with Crippen molar-refractivity contribution in [2.45, 2.75) is 25.6 Å². The maximum atomic E-state index is 12.8. The summed E-state index contributed by atoms with van der Waals surface area (Å²) in [4.78, 5) is 18.8. The monoisotopic (exact) mass is 418 g/mol. The zero-order valence-electron chi connectivity index (χ0n) is 15.3. The van der Waals surface area contributed by atoms with Gasteiger partial charge in [-0.25, -0.2) is 4.98 Å². The van der Waals surface area contributed by atoms with Crippen molar-refractivity contribution in [1.29, 1.82) is 0 Å². The van der Waals surface area contributed by atoms with Crippen LogP contribution in [-0.4, -0.2) is 17.4 Å². The Morgan fingerprint density at radius 1 is 1.17 bits per heavy atom. The van der Waals surface area contributed by atoms with Crippen LogP contribution in [0.3, 0.4) is 0 Å². The molecule has 0 atom stereocenters. The molecule has 0 unspecified atom stereocenters. The van der Waals surface area contributed by atoms with Crippen molar-refractivity contribution in [3.05, 3.63) is 75.7 Å². The average molecular weight is 418 g/mol. The van der Waals surface area contributed by atoms with Crippen molar-refractivity contribution in [2.24, 2.45) is 0 Å². The molecule has 1 aliphatic heterocycles. The van der Waals surface area contributed by atoms with E-state index in [0.717, 1.165) is 29.8 Å². The van der Waals surface area contributed by atoms with Crippen LogP contribution in [0.1, 0.15) is 21.8 Å². The van der Waals surface area contributed by atoms with Gasteiger partial charge < -0.3 is 9.64 Å². The molecule has 0 fully saturated rings. The van der Waals surface area contributed by atoms with Crippen molar-refractivity contribution in [2.75, 3.05) is 11.4 Å². The van der Waals surface area contributed by atoms with Gasteiger partial charge in [0.25, 0.3) is 0 Å². The van der Waals surface area contributed by atoms with E-state index in [2.05, 4.69) is 4.98 Å². The molecule has 4 rings (SSSR count). The van der Waals surface area contributed by atoms with Gasteiger partial charge in [0.2, 0.25) is 5.91 Å². The zero-order valence-corrected chi connectivity index (χ0v) is 16.1. The van der Waals surface area contributed by atoms with Crippen molar-refractivity contribution < 1.29 is 22.7 Å². The SMILES string of the molecule is O=C(Cc1csc(COc2cccc(C(F)(F)F)c2)n1)N1CCc2ccccc21.